The Bertz CT molecular complexity index is 86.0. The van der Waals surface area contributed by atoms with Crippen LogP contribution in [0.3, 0.4) is 0 Å². The summed E-state index contributed by atoms with van der Waals surface area (Å²) in [5.41, 5.74) is 0. The van der Waals surface area contributed by atoms with Gasteiger partial charge in [-0.1, -0.05) is 46.0 Å². The van der Waals surface area contributed by atoms with Crippen molar-refractivity contribution in [1.29, 1.82) is 0 Å². The lowest BCUT2D eigenvalue weighted by molar-refractivity contribution is 0.461. The maximum absolute atomic E-state index is 2.39. The molecule has 0 aromatic carbocycles. The van der Waals surface area contributed by atoms with Gasteiger partial charge in [-0.25, -0.2) is 0 Å². The Morgan fingerprint density at radius 1 is 1.30 bits per heavy atom. The van der Waals surface area contributed by atoms with E-state index < -0.39 is 0 Å². The van der Waals surface area contributed by atoms with Gasteiger partial charge in [0.2, 0.25) is 0 Å². The molecule has 0 aromatic heterocycles. The third kappa shape index (κ3) is 2.32. The molecule has 0 aromatic rings. The van der Waals surface area contributed by atoms with Gasteiger partial charge in [0.05, 0.1) is 0 Å². The van der Waals surface area contributed by atoms with Crippen LogP contribution in [0.25, 0.3) is 0 Å². The largest absolute Gasteiger partial charge is 0.0654 e. The van der Waals surface area contributed by atoms with Gasteiger partial charge in [0.25, 0.3) is 0 Å². The zero-order valence-electron chi connectivity index (χ0n) is 7.40. The highest BCUT2D eigenvalue weighted by Gasteiger charge is 2.19. The quantitative estimate of drug-likeness (QED) is 0.561. The molecule has 1 aliphatic rings. The van der Waals surface area contributed by atoms with E-state index in [1.165, 1.54) is 38.5 Å². The Morgan fingerprint density at radius 2 is 2.10 bits per heavy atom. The summed E-state index contributed by atoms with van der Waals surface area (Å²) < 4.78 is 0. The summed E-state index contributed by atoms with van der Waals surface area (Å²) >= 11 is 0. The van der Waals surface area contributed by atoms with Crippen LogP contribution in [0.1, 0.15) is 52.4 Å². The van der Waals surface area contributed by atoms with Crippen molar-refractivity contribution in [2.24, 2.45) is 11.8 Å². The normalized spacial score (nSPS) is 33.0. The van der Waals surface area contributed by atoms with E-state index in [1.54, 1.807) is 0 Å². The summed E-state index contributed by atoms with van der Waals surface area (Å²) in [4.78, 5) is 0. The fourth-order valence-electron chi connectivity index (χ4n) is 2.08. The summed E-state index contributed by atoms with van der Waals surface area (Å²) in [6, 6.07) is 0. The Hall–Kier alpha value is 0. The monoisotopic (exact) mass is 140 g/mol. The highest BCUT2D eigenvalue weighted by molar-refractivity contribution is 4.72. The van der Waals surface area contributed by atoms with Gasteiger partial charge in [0.1, 0.15) is 0 Å². The van der Waals surface area contributed by atoms with Crippen LogP contribution >= 0.6 is 0 Å². The molecule has 1 rings (SSSR count). The number of hydrogen-bond donors (Lipinski definition) is 0. The molecule has 0 aliphatic heterocycles. The van der Waals surface area contributed by atoms with Crippen LogP contribution in [0.15, 0.2) is 0 Å². The molecule has 1 aliphatic carbocycles. The first-order valence-corrected chi connectivity index (χ1v) is 4.83. The molecule has 60 valence electrons. The number of unbranched alkanes of at least 4 members (excludes halogenated alkanes) is 1. The van der Waals surface area contributed by atoms with Gasteiger partial charge in [-0.3, -0.25) is 0 Å². The lowest BCUT2D eigenvalue weighted by Crippen LogP contribution is -1.93. The summed E-state index contributed by atoms with van der Waals surface area (Å²) in [6.45, 7) is 4.68. The van der Waals surface area contributed by atoms with Gasteiger partial charge in [-0.2, -0.15) is 0 Å². The SMILES string of the molecule is CCCC[C@H]1CCC(C)C1. The zero-order chi connectivity index (χ0) is 7.40. The fourth-order valence-corrected chi connectivity index (χ4v) is 2.08. The van der Waals surface area contributed by atoms with Crippen LogP contribution in [0.5, 0.6) is 0 Å². The van der Waals surface area contributed by atoms with Crippen molar-refractivity contribution in [3.8, 4) is 0 Å². The molecule has 10 heavy (non-hydrogen) atoms. The maximum atomic E-state index is 2.39. The topological polar surface area (TPSA) is 0 Å². The minimum atomic E-state index is 1.03. The van der Waals surface area contributed by atoms with Crippen LogP contribution < -0.4 is 0 Å². The molecule has 0 nitrogen and oxygen atoms in total. The molecule has 0 amide bonds. The molecule has 0 N–H and O–H groups in total. The predicted octanol–water partition coefficient (Wildman–Crippen LogP) is 3.61. The number of rotatable bonds is 3. The molecule has 1 fully saturated rings. The van der Waals surface area contributed by atoms with E-state index in [-0.39, 0.29) is 0 Å². The summed E-state index contributed by atoms with van der Waals surface area (Å²) in [5, 5.41) is 0. The molecule has 0 saturated heterocycles. The summed E-state index contributed by atoms with van der Waals surface area (Å²) in [5.74, 6) is 2.12. The van der Waals surface area contributed by atoms with Gasteiger partial charge in [-0.15, -0.1) is 0 Å². The summed E-state index contributed by atoms with van der Waals surface area (Å²) in [6.07, 6.45) is 8.86. The first-order valence-electron chi connectivity index (χ1n) is 4.83. The standard InChI is InChI=1S/C10H20/c1-3-4-5-10-7-6-9(2)8-10/h9-10H,3-8H2,1-2H3/t9?,10-/m0/s1. The number of hydrogen-bond acceptors (Lipinski definition) is 0. The second-order valence-electron chi connectivity index (χ2n) is 3.93. The van der Waals surface area contributed by atoms with Gasteiger partial charge in [0, 0.05) is 0 Å². The van der Waals surface area contributed by atoms with Crippen molar-refractivity contribution in [3.05, 3.63) is 0 Å². The van der Waals surface area contributed by atoms with Crippen molar-refractivity contribution in [2.45, 2.75) is 52.4 Å². The van der Waals surface area contributed by atoms with Crippen LogP contribution in [-0.4, -0.2) is 0 Å². The maximum Gasteiger partial charge on any atom is -0.0412 e. The highest BCUT2D eigenvalue weighted by atomic mass is 14.3. The first kappa shape index (κ1) is 8.10. The minimum Gasteiger partial charge on any atom is -0.0654 e. The fraction of sp³-hybridized carbons (Fsp3) is 1.00. The smallest absolute Gasteiger partial charge is 0.0412 e. The Labute approximate surface area is 65.0 Å². The lowest BCUT2D eigenvalue weighted by Gasteiger charge is -2.06. The third-order valence-electron chi connectivity index (χ3n) is 2.77. The second-order valence-corrected chi connectivity index (χ2v) is 3.93. The molecule has 2 atom stereocenters. The third-order valence-corrected chi connectivity index (χ3v) is 2.77. The van der Waals surface area contributed by atoms with E-state index in [0.29, 0.717) is 0 Å². The Balaban J connectivity index is 2.06. The Kier molecular flexibility index (Phi) is 3.24. The van der Waals surface area contributed by atoms with Crippen molar-refractivity contribution in [2.75, 3.05) is 0 Å². The zero-order valence-corrected chi connectivity index (χ0v) is 7.40. The van der Waals surface area contributed by atoms with E-state index in [9.17, 15) is 0 Å². The molecular formula is C10H20. The average molecular weight is 140 g/mol. The first-order chi connectivity index (χ1) is 4.83. The van der Waals surface area contributed by atoms with E-state index in [1.807, 2.05) is 0 Å². The second kappa shape index (κ2) is 4.00. The molecule has 1 saturated carbocycles. The van der Waals surface area contributed by atoms with Crippen molar-refractivity contribution >= 4 is 0 Å². The molecule has 0 radical (unpaired) electrons. The van der Waals surface area contributed by atoms with Crippen molar-refractivity contribution in [1.82, 2.24) is 0 Å². The molecule has 1 unspecified atom stereocenters. The predicted molar refractivity (Wildman–Crippen MR) is 46.0 cm³/mol. The lowest BCUT2D eigenvalue weighted by atomic mass is 10.00. The minimum absolute atomic E-state index is 1.03. The molecule has 0 heteroatoms. The average Bonchev–Trinajstić information content (AvgIpc) is 2.31. The van der Waals surface area contributed by atoms with Gasteiger partial charge in [-0.05, 0) is 18.3 Å². The van der Waals surface area contributed by atoms with E-state index in [0.717, 1.165) is 11.8 Å². The Morgan fingerprint density at radius 3 is 2.60 bits per heavy atom. The van der Waals surface area contributed by atoms with Crippen molar-refractivity contribution in [3.63, 3.8) is 0 Å². The van der Waals surface area contributed by atoms with E-state index in [4.69, 9.17) is 0 Å². The van der Waals surface area contributed by atoms with Crippen LogP contribution in [0, 0.1) is 11.8 Å². The molecule has 0 bridgehead atoms. The van der Waals surface area contributed by atoms with Crippen LogP contribution in [0.2, 0.25) is 0 Å². The molecule has 0 heterocycles. The molecular weight excluding hydrogens is 120 g/mol. The van der Waals surface area contributed by atoms with E-state index >= 15 is 0 Å². The van der Waals surface area contributed by atoms with Crippen molar-refractivity contribution < 1.29 is 0 Å². The van der Waals surface area contributed by atoms with Gasteiger partial charge < -0.3 is 0 Å². The molecule has 0 spiro atoms. The van der Waals surface area contributed by atoms with Crippen LogP contribution in [-0.2, 0) is 0 Å². The van der Waals surface area contributed by atoms with Gasteiger partial charge >= 0.3 is 0 Å². The highest BCUT2D eigenvalue weighted by Crippen LogP contribution is 2.33. The van der Waals surface area contributed by atoms with Gasteiger partial charge in [0.15, 0.2) is 0 Å². The van der Waals surface area contributed by atoms with E-state index in [2.05, 4.69) is 13.8 Å². The summed E-state index contributed by atoms with van der Waals surface area (Å²) in [7, 11) is 0. The van der Waals surface area contributed by atoms with Crippen LogP contribution in [0.4, 0.5) is 0 Å².